The lowest BCUT2D eigenvalue weighted by atomic mass is 9.20. The lowest BCUT2D eigenvalue weighted by Gasteiger charge is -2.84. The SMILES string of the molecule is Cc1c(Nc2nc3ccccc3s2)nnc2c1CCCN2c1ccc(-c2cnn(CC34CC5(C)CC6(CCCNCCC(=O)O)CC(C)(C3)C56C4)c2C)c(C(=O)O)n1. The highest BCUT2D eigenvalue weighted by Crippen LogP contribution is 2.98. The van der Waals surface area contributed by atoms with Crippen molar-refractivity contribution in [3.63, 3.8) is 0 Å². The van der Waals surface area contributed by atoms with Crippen molar-refractivity contribution in [3.8, 4) is 11.1 Å². The summed E-state index contributed by atoms with van der Waals surface area (Å²) in [6, 6.07) is 11.8. The quantitative estimate of drug-likeness (QED) is 0.0793. The van der Waals surface area contributed by atoms with Crippen LogP contribution in [0.5, 0.6) is 0 Å². The van der Waals surface area contributed by atoms with Gasteiger partial charge >= 0.3 is 11.9 Å². The Kier molecular flexibility index (Phi) is 8.38. The van der Waals surface area contributed by atoms with Crippen molar-refractivity contribution in [3.05, 3.63) is 65.1 Å². The van der Waals surface area contributed by atoms with E-state index in [9.17, 15) is 14.7 Å². The molecule has 1 spiro atoms. The fraction of sp³-hybridized carbons (Fsp3) is 0.523. The zero-order chi connectivity index (χ0) is 40.2. The Hall–Kier alpha value is -4.95. The smallest absolute Gasteiger partial charge is 0.355 e. The van der Waals surface area contributed by atoms with Crippen LogP contribution < -0.4 is 15.5 Å². The molecular formula is C44H51N9O4S. The van der Waals surface area contributed by atoms with E-state index >= 15 is 0 Å². The van der Waals surface area contributed by atoms with Gasteiger partial charge in [0, 0.05) is 47.6 Å². The van der Waals surface area contributed by atoms with E-state index in [1.165, 1.54) is 38.5 Å². The van der Waals surface area contributed by atoms with Crippen LogP contribution in [0.3, 0.4) is 0 Å². The molecule has 1 aliphatic heterocycles. The minimum absolute atomic E-state index is 0.00297. The number of rotatable bonds is 14. The Morgan fingerprint density at radius 1 is 0.931 bits per heavy atom. The van der Waals surface area contributed by atoms with Crippen molar-refractivity contribution in [2.45, 2.75) is 98.4 Å². The summed E-state index contributed by atoms with van der Waals surface area (Å²) in [5, 5.41) is 41.2. The third kappa shape index (κ3) is 5.32. The number of hydrogen-bond acceptors (Lipinski definition) is 11. The van der Waals surface area contributed by atoms with E-state index in [0.29, 0.717) is 57.8 Å². The van der Waals surface area contributed by atoms with Gasteiger partial charge in [-0.05, 0) is 130 Å². The molecule has 10 rings (SSSR count). The standard InChI is InChI=1S/C44H51N9O4S/c1-26-28-9-7-18-52(37(28)51-50-36(26)49-39-47-31-10-5-6-11-32(31)58-39)33-13-12-29(35(48-33)38(56)57)30-19-46-53(27(30)2)25-42-20-40(3)22-43(15-8-16-45-17-14-34(54)55)23-41(4,21-42)44(40,43)24-42/h5-6,10-13,19,45H,7-9,14-18,20-25H2,1-4H3,(H,54,55)(H,56,57)(H,47,49,50). The van der Waals surface area contributed by atoms with Crippen molar-refractivity contribution in [2.24, 2.45) is 27.1 Å². The summed E-state index contributed by atoms with van der Waals surface area (Å²) in [7, 11) is 0. The number of carboxylic acids is 2. The lowest BCUT2D eigenvalue weighted by Crippen LogP contribution is -2.77. The van der Waals surface area contributed by atoms with Crippen LogP contribution in [0.15, 0.2) is 42.6 Å². The summed E-state index contributed by atoms with van der Waals surface area (Å²) in [6.45, 7) is 12.1. The van der Waals surface area contributed by atoms with Crippen molar-refractivity contribution < 1.29 is 19.8 Å². The van der Waals surface area contributed by atoms with E-state index in [1.54, 1.807) is 11.3 Å². The first-order chi connectivity index (χ1) is 27.8. The number of hydrogen-bond donors (Lipinski definition) is 4. The molecule has 0 saturated heterocycles. The molecule has 4 aromatic heterocycles. The maximum Gasteiger partial charge on any atom is 0.355 e. The zero-order valence-electron chi connectivity index (χ0n) is 33.7. The van der Waals surface area contributed by atoms with E-state index in [0.717, 1.165) is 70.1 Å². The molecule has 14 heteroatoms. The third-order valence-corrected chi connectivity index (χ3v) is 16.2. The first-order valence-electron chi connectivity index (χ1n) is 20.8. The van der Waals surface area contributed by atoms with E-state index < -0.39 is 11.9 Å². The first-order valence-corrected chi connectivity index (χ1v) is 21.6. The number of thiazole rings is 1. The van der Waals surface area contributed by atoms with Crippen LogP contribution in [0.1, 0.15) is 98.9 Å². The predicted molar refractivity (Wildman–Crippen MR) is 223 cm³/mol. The molecule has 1 aromatic carbocycles. The van der Waals surface area contributed by atoms with E-state index in [2.05, 4.69) is 52.4 Å². The first kappa shape index (κ1) is 37.3. The Morgan fingerprint density at radius 3 is 2.48 bits per heavy atom. The van der Waals surface area contributed by atoms with E-state index in [-0.39, 0.29) is 17.5 Å². The van der Waals surface area contributed by atoms with Gasteiger partial charge in [0.05, 0.1) is 22.8 Å². The largest absolute Gasteiger partial charge is 0.481 e. The maximum absolute atomic E-state index is 12.9. The number of aromatic carboxylic acids is 1. The summed E-state index contributed by atoms with van der Waals surface area (Å²) in [5.41, 5.74) is 6.92. The molecule has 4 saturated carbocycles. The molecule has 5 heterocycles. The number of pyridine rings is 1. The van der Waals surface area contributed by atoms with Gasteiger partial charge < -0.3 is 25.7 Å². The van der Waals surface area contributed by atoms with Gasteiger partial charge in [-0.1, -0.05) is 37.3 Å². The minimum atomic E-state index is -1.08. The number of benzene rings is 1. The van der Waals surface area contributed by atoms with Crippen molar-refractivity contribution >= 4 is 56.1 Å². The monoisotopic (exact) mass is 801 g/mol. The van der Waals surface area contributed by atoms with Crippen LogP contribution in [-0.2, 0) is 17.8 Å². The molecule has 2 bridgehead atoms. The number of fused-ring (bicyclic) bond motifs is 3. The van der Waals surface area contributed by atoms with E-state index in [1.807, 2.05) is 48.4 Å². The Balaban J connectivity index is 0.874. The second kappa shape index (κ2) is 13.0. The fourth-order valence-electron chi connectivity index (χ4n) is 13.9. The van der Waals surface area contributed by atoms with Crippen LogP contribution in [-0.4, -0.2) is 71.7 Å². The highest BCUT2D eigenvalue weighted by atomic mass is 32.1. The number of nitrogens with zero attached hydrogens (tertiary/aromatic N) is 7. The molecule has 4 fully saturated rings. The maximum atomic E-state index is 12.9. The Morgan fingerprint density at radius 2 is 1.72 bits per heavy atom. The molecule has 2 unspecified atom stereocenters. The summed E-state index contributed by atoms with van der Waals surface area (Å²) in [6.07, 6.45) is 12.2. The summed E-state index contributed by atoms with van der Waals surface area (Å²) in [4.78, 5) is 35.3. The topological polar surface area (TPSA) is 171 Å². The molecule has 4 aliphatic carbocycles. The van der Waals surface area contributed by atoms with Gasteiger partial charge in [0.15, 0.2) is 22.5 Å². The molecule has 0 radical (unpaired) electrons. The molecule has 0 amide bonds. The number of carboxylic acid groups (broad SMARTS) is 2. The van der Waals surface area contributed by atoms with Gasteiger partial charge in [-0.15, -0.1) is 10.2 Å². The van der Waals surface area contributed by atoms with Gasteiger partial charge in [0.2, 0.25) is 0 Å². The predicted octanol–water partition coefficient (Wildman–Crippen LogP) is 8.31. The second-order valence-electron chi connectivity index (χ2n) is 18.7. The molecule has 58 heavy (non-hydrogen) atoms. The zero-order valence-corrected chi connectivity index (χ0v) is 34.5. The van der Waals surface area contributed by atoms with E-state index in [4.69, 9.17) is 20.2 Å². The number of carbonyl (C=O) groups is 2. The molecule has 2 atom stereocenters. The van der Waals surface area contributed by atoms with Gasteiger partial charge in [-0.3, -0.25) is 9.48 Å². The second-order valence-corrected chi connectivity index (χ2v) is 19.7. The number of para-hydroxylation sites is 1. The van der Waals surface area contributed by atoms with Gasteiger partial charge in [0.1, 0.15) is 5.82 Å². The highest BCUT2D eigenvalue weighted by Gasteiger charge is 2.91. The third-order valence-electron chi connectivity index (χ3n) is 15.3. The minimum Gasteiger partial charge on any atom is -0.481 e. The molecule has 302 valence electrons. The van der Waals surface area contributed by atoms with Crippen molar-refractivity contribution in [1.82, 2.24) is 35.3 Å². The number of aliphatic carboxylic acids is 1. The molecule has 5 aromatic rings. The average molecular weight is 802 g/mol. The van der Waals surface area contributed by atoms with Crippen LogP contribution in [0.4, 0.5) is 22.6 Å². The Labute approximate surface area is 341 Å². The highest BCUT2D eigenvalue weighted by molar-refractivity contribution is 7.22. The summed E-state index contributed by atoms with van der Waals surface area (Å²) in [5.74, 6) is 0.0703. The summed E-state index contributed by atoms with van der Waals surface area (Å²) >= 11 is 1.57. The number of anilines is 4. The summed E-state index contributed by atoms with van der Waals surface area (Å²) < 4.78 is 3.24. The molecule has 4 N–H and O–H groups in total. The van der Waals surface area contributed by atoms with Crippen LogP contribution in [0.25, 0.3) is 21.3 Å². The Bertz CT molecular complexity index is 2460. The van der Waals surface area contributed by atoms with Gasteiger partial charge in [-0.25, -0.2) is 14.8 Å². The van der Waals surface area contributed by atoms with Crippen LogP contribution in [0.2, 0.25) is 0 Å². The number of nitrogens with one attached hydrogen (secondary N) is 2. The average Bonchev–Trinajstić information content (AvgIpc) is 3.89. The lowest BCUT2D eigenvalue weighted by molar-refractivity contribution is -0.357. The fourth-order valence-corrected chi connectivity index (χ4v) is 14.8. The van der Waals surface area contributed by atoms with Gasteiger partial charge in [-0.2, -0.15) is 5.10 Å². The normalized spacial score (nSPS) is 28.9. The number of aromatic nitrogens is 6. The molecule has 13 nitrogen and oxygen atoms in total. The van der Waals surface area contributed by atoms with Gasteiger partial charge in [0.25, 0.3) is 0 Å². The molecule has 5 aliphatic rings. The van der Waals surface area contributed by atoms with Crippen molar-refractivity contribution in [1.29, 1.82) is 0 Å². The van der Waals surface area contributed by atoms with Crippen LogP contribution in [0, 0.1) is 40.9 Å². The molecular weight excluding hydrogens is 751 g/mol. The van der Waals surface area contributed by atoms with Crippen molar-refractivity contribution in [2.75, 3.05) is 29.9 Å². The van der Waals surface area contributed by atoms with Crippen LogP contribution >= 0.6 is 11.3 Å².